The second kappa shape index (κ2) is 8.68. The second-order valence-electron chi connectivity index (χ2n) is 6.96. The van der Waals surface area contributed by atoms with Crippen molar-refractivity contribution in [3.8, 4) is 11.3 Å². The molecule has 1 amide bonds. The molecule has 2 aromatic rings. The third-order valence-corrected chi connectivity index (χ3v) is 5.28. The maximum atomic E-state index is 12.8. The van der Waals surface area contributed by atoms with Crippen LogP contribution in [0.4, 0.5) is 0 Å². The molecule has 3 heterocycles. The van der Waals surface area contributed by atoms with Crippen molar-refractivity contribution >= 4 is 18.3 Å². The van der Waals surface area contributed by atoms with Gasteiger partial charge in [-0.1, -0.05) is 0 Å². The van der Waals surface area contributed by atoms with Gasteiger partial charge in [0.1, 0.15) is 5.69 Å². The van der Waals surface area contributed by atoms with E-state index < -0.39 is 0 Å². The molecule has 0 bridgehead atoms. The van der Waals surface area contributed by atoms with Gasteiger partial charge in [0.05, 0.1) is 11.4 Å². The van der Waals surface area contributed by atoms with Crippen molar-refractivity contribution in [1.82, 2.24) is 30.2 Å². The van der Waals surface area contributed by atoms with Gasteiger partial charge in [-0.3, -0.25) is 14.6 Å². The Hall–Kier alpha value is -1.86. The fraction of sp³-hybridized carbons (Fsp3) is 0.611. The SMILES string of the molecule is CNCCC1CCN(C(=O)c2cc(-c3c(C)nn(C)c3C)n[nH]2)CC1.Cl. The number of H-pyrrole nitrogens is 1. The number of carbonyl (C=O) groups excluding carboxylic acids is 1. The molecule has 8 heteroatoms. The number of hydrogen-bond donors (Lipinski definition) is 2. The number of aromatic amines is 1. The molecule has 0 aromatic carbocycles. The Morgan fingerprint density at radius 2 is 2.04 bits per heavy atom. The Kier molecular flexibility index (Phi) is 6.83. The minimum Gasteiger partial charge on any atom is -0.337 e. The van der Waals surface area contributed by atoms with Crippen molar-refractivity contribution in [3.63, 3.8) is 0 Å². The molecule has 144 valence electrons. The van der Waals surface area contributed by atoms with Gasteiger partial charge in [-0.25, -0.2) is 0 Å². The predicted molar refractivity (Wildman–Crippen MR) is 105 cm³/mol. The summed E-state index contributed by atoms with van der Waals surface area (Å²) in [4.78, 5) is 14.7. The number of amides is 1. The summed E-state index contributed by atoms with van der Waals surface area (Å²) in [6, 6.07) is 1.85. The molecule has 0 spiro atoms. The van der Waals surface area contributed by atoms with E-state index in [1.807, 2.05) is 43.6 Å². The number of nitrogens with zero attached hydrogens (tertiary/aromatic N) is 4. The highest BCUT2D eigenvalue weighted by atomic mass is 35.5. The van der Waals surface area contributed by atoms with Crippen LogP contribution in [-0.2, 0) is 7.05 Å². The van der Waals surface area contributed by atoms with Gasteiger partial charge < -0.3 is 10.2 Å². The molecule has 0 saturated carbocycles. The Bertz CT molecular complexity index is 745. The first kappa shape index (κ1) is 20.5. The van der Waals surface area contributed by atoms with Crippen molar-refractivity contribution < 1.29 is 4.79 Å². The van der Waals surface area contributed by atoms with Crippen LogP contribution >= 0.6 is 12.4 Å². The maximum absolute atomic E-state index is 12.8. The van der Waals surface area contributed by atoms with Crippen LogP contribution in [-0.4, -0.2) is 57.5 Å². The van der Waals surface area contributed by atoms with Crippen molar-refractivity contribution in [2.24, 2.45) is 13.0 Å². The van der Waals surface area contributed by atoms with E-state index in [1.54, 1.807) is 0 Å². The van der Waals surface area contributed by atoms with Gasteiger partial charge in [0.2, 0.25) is 0 Å². The zero-order valence-electron chi connectivity index (χ0n) is 16.0. The minimum atomic E-state index is 0. The smallest absolute Gasteiger partial charge is 0.271 e. The molecule has 2 N–H and O–H groups in total. The summed E-state index contributed by atoms with van der Waals surface area (Å²) < 4.78 is 1.84. The number of hydrogen-bond acceptors (Lipinski definition) is 4. The van der Waals surface area contributed by atoms with Crippen LogP contribution in [0, 0.1) is 19.8 Å². The van der Waals surface area contributed by atoms with E-state index >= 15 is 0 Å². The van der Waals surface area contributed by atoms with Gasteiger partial charge in [0.25, 0.3) is 5.91 Å². The molecule has 1 fully saturated rings. The zero-order chi connectivity index (χ0) is 18.0. The summed E-state index contributed by atoms with van der Waals surface area (Å²) in [7, 11) is 3.91. The van der Waals surface area contributed by atoms with E-state index in [9.17, 15) is 4.79 Å². The topological polar surface area (TPSA) is 78.8 Å². The van der Waals surface area contributed by atoms with E-state index in [4.69, 9.17) is 0 Å². The predicted octanol–water partition coefficient (Wildman–Crippen LogP) is 2.31. The summed E-state index contributed by atoms with van der Waals surface area (Å²) in [6.07, 6.45) is 3.34. The van der Waals surface area contributed by atoms with E-state index in [1.165, 1.54) is 6.42 Å². The molecular formula is C18H29ClN6O. The third-order valence-electron chi connectivity index (χ3n) is 5.28. The monoisotopic (exact) mass is 380 g/mol. The van der Waals surface area contributed by atoms with Crippen molar-refractivity contribution in [2.75, 3.05) is 26.7 Å². The number of likely N-dealkylation sites (tertiary alicyclic amines) is 1. The van der Waals surface area contributed by atoms with Crippen LogP contribution in [0.15, 0.2) is 6.07 Å². The molecule has 1 saturated heterocycles. The van der Waals surface area contributed by atoms with Gasteiger partial charge in [-0.2, -0.15) is 10.2 Å². The Morgan fingerprint density at radius 1 is 1.35 bits per heavy atom. The molecule has 0 radical (unpaired) electrons. The van der Waals surface area contributed by atoms with Crippen LogP contribution < -0.4 is 5.32 Å². The van der Waals surface area contributed by atoms with Crippen LogP contribution in [0.2, 0.25) is 0 Å². The van der Waals surface area contributed by atoms with E-state index in [2.05, 4.69) is 20.6 Å². The standard InChI is InChI=1S/C18H28N6O.ClH/c1-12-17(13(2)23(4)22-12)15-11-16(21-20-15)18(25)24-9-6-14(7-10-24)5-8-19-3;/h11,14,19H,5-10H2,1-4H3,(H,20,21);1H. The fourth-order valence-corrected chi connectivity index (χ4v) is 3.65. The van der Waals surface area contributed by atoms with Crippen molar-refractivity contribution in [1.29, 1.82) is 0 Å². The van der Waals surface area contributed by atoms with Gasteiger partial charge in [0.15, 0.2) is 0 Å². The normalized spacial score (nSPS) is 15.2. The van der Waals surface area contributed by atoms with Crippen LogP contribution in [0.25, 0.3) is 11.3 Å². The third kappa shape index (κ3) is 4.10. The maximum Gasteiger partial charge on any atom is 0.271 e. The summed E-state index contributed by atoms with van der Waals surface area (Å²) in [5.41, 5.74) is 4.33. The largest absolute Gasteiger partial charge is 0.337 e. The summed E-state index contributed by atoms with van der Waals surface area (Å²) >= 11 is 0. The lowest BCUT2D eigenvalue weighted by Crippen LogP contribution is -2.39. The van der Waals surface area contributed by atoms with E-state index in [0.717, 1.165) is 61.0 Å². The zero-order valence-corrected chi connectivity index (χ0v) is 16.8. The number of carbonyl (C=O) groups is 1. The molecule has 2 aromatic heterocycles. The molecule has 0 atom stereocenters. The highest BCUT2D eigenvalue weighted by molar-refractivity contribution is 5.93. The molecule has 0 unspecified atom stereocenters. The summed E-state index contributed by atoms with van der Waals surface area (Å²) in [5, 5.41) is 14.9. The lowest BCUT2D eigenvalue weighted by atomic mass is 9.93. The number of rotatable bonds is 5. The van der Waals surface area contributed by atoms with Crippen LogP contribution in [0.5, 0.6) is 0 Å². The Labute approximate surface area is 160 Å². The van der Waals surface area contributed by atoms with Gasteiger partial charge in [-0.15, -0.1) is 12.4 Å². The number of piperidine rings is 1. The average molecular weight is 381 g/mol. The number of aromatic nitrogens is 4. The molecule has 0 aliphatic carbocycles. The van der Waals surface area contributed by atoms with E-state index in [0.29, 0.717) is 5.69 Å². The first-order valence-corrected chi connectivity index (χ1v) is 9.01. The first-order valence-electron chi connectivity index (χ1n) is 9.01. The van der Waals surface area contributed by atoms with Crippen LogP contribution in [0.3, 0.4) is 0 Å². The number of aryl methyl sites for hydroxylation is 2. The molecule has 26 heavy (non-hydrogen) atoms. The molecular weight excluding hydrogens is 352 g/mol. The minimum absolute atomic E-state index is 0. The second-order valence-corrected chi connectivity index (χ2v) is 6.96. The highest BCUT2D eigenvalue weighted by Crippen LogP contribution is 2.26. The molecule has 1 aliphatic rings. The lowest BCUT2D eigenvalue weighted by Gasteiger charge is -2.31. The Morgan fingerprint density at radius 3 is 2.62 bits per heavy atom. The van der Waals surface area contributed by atoms with Gasteiger partial charge in [0, 0.05) is 31.4 Å². The van der Waals surface area contributed by atoms with Crippen LogP contribution in [0.1, 0.15) is 41.1 Å². The van der Waals surface area contributed by atoms with Crippen molar-refractivity contribution in [2.45, 2.75) is 33.1 Å². The summed E-state index contributed by atoms with van der Waals surface area (Å²) in [6.45, 7) is 6.68. The fourth-order valence-electron chi connectivity index (χ4n) is 3.65. The quantitative estimate of drug-likeness (QED) is 0.834. The van der Waals surface area contributed by atoms with E-state index in [-0.39, 0.29) is 18.3 Å². The first-order chi connectivity index (χ1) is 12.0. The summed E-state index contributed by atoms with van der Waals surface area (Å²) in [5.74, 6) is 0.763. The number of nitrogens with one attached hydrogen (secondary N) is 2. The van der Waals surface area contributed by atoms with Gasteiger partial charge >= 0.3 is 0 Å². The molecule has 7 nitrogen and oxygen atoms in total. The molecule has 1 aliphatic heterocycles. The number of halogens is 1. The van der Waals surface area contributed by atoms with Crippen molar-refractivity contribution in [3.05, 3.63) is 23.1 Å². The van der Waals surface area contributed by atoms with Gasteiger partial charge in [-0.05, 0) is 58.7 Å². The Balaban J connectivity index is 0.00000243. The average Bonchev–Trinajstić information content (AvgIpc) is 3.18. The lowest BCUT2D eigenvalue weighted by molar-refractivity contribution is 0.0681. The highest BCUT2D eigenvalue weighted by Gasteiger charge is 2.25. The molecule has 3 rings (SSSR count).